The molecular weight excluding hydrogens is 223 g/mol. The van der Waals surface area contributed by atoms with E-state index in [1.165, 1.54) is 12.1 Å². The van der Waals surface area contributed by atoms with E-state index < -0.39 is 0 Å². The number of hydrogen-bond donors (Lipinski definition) is 0. The fraction of sp³-hybridized carbons (Fsp3) is 0.333. The Morgan fingerprint density at radius 3 is 2.58 bits per heavy atom. The predicted molar refractivity (Wildman–Crippen MR) is 49.9 cm³/mol. The maximum Gasteiger partial charge on any atom is 0.134 e. The highest BCUT2D eigenvalue weighted by Gasteiger charge is 2.03. The summed E-state index contributed by atoms with van der Waals surface area (Å²) in [6, 6.07) is 4.37. The standard InChI is InChI=1S/C9H10BrFO/c1-6(2)12-9-4-3-7(11)5-8(9)10/h3-6H,1-2H3. The molecule has 0 aromatic heterocycles. The second-order valence-electron chi connectivity index (χ2n) is 2.74. The molecule has 0 N–H and O–H groups in total. The fourth-order valence-corrected chi connectivity index (χ4v) is 1.27. The molecule has 0 atom stereocenters. The van der Waals surface area contributed by atoms with Gasteiger partial charge in [-0.2, -0.15) is 0 Å². The van der Waals surface area contributed by atoms with Gasteiger partial charge >= 0.3 is 0 Å². The van der Waals surface area contributed by atoms with Gasteiger partial charge in [0, 0.05) is 0 Å². The van der Waals surface area contributed by atoms with E-state index in [0.29, 0.717) is 10.2 Å². The Morgan fingerprint density at radius 2 is 2.08 bits per heavy atom. The number of ether oxygens (including phenoxy) is 1. The van der Waals surface area contributed by atoms with Crippen molar-refractivity contribution in [3.05, 3.63) is 28.5 Å². The molecule has 0 aliphatic rings. The van der Waals surface area contributed by atoms with E-state index in [1.807, 2.05) is 13.8 Å². The summed E-state index contributed by atoms with van der Waals surface area (Å²) in [5.74, 6) is 0.407. The number of rotatable bonds is 2. The topological polar surface area (TPSA) is 9.23 Å². The summed E-state index contributed by atoms with van der Waals surface area (Å²) in [6.07, 6.45) is 0.103. The lowest BCUT2D eigenvalue weighted by Gasteiger charge is -2.10. The van der Waals surface area contributed by atoms with Crippen LogP contribution in [0.2, 0.25) is 0 Å². The van der Waals surface area contributed by atoms with Gasteiger partial charge in [0.2, 0.25) is 0 Å². The van der Waals surface area contributed by atoms with Crippen molar-refractivity contribution in [2.24, 2.45) is 0 Å². The van der Waals surface area contributed by atoms with Crippen LogP contribution >= 0.6 is 15.9 Å². The molecule has 1 aromatic carbocycles. The van der Waals surface area contributed by atoms with Crippen LogP contribution < -0.4 is 4.74 Å². The largest absolute Gasteiger partial charge is 0.490 e. The van der Waals surface area contributed by atoms with Gasteiger partial charge in [-0.1, -0.05) is 0 Å². The monoisotopic (exact) mass is 232 g/mol. The third-order valence-corrected chi connectivity index (χ3v) is 1.88. The summed E-state index contributed by atoms with van der Waals surface area (Å²) in [4.78, 5) is 0. The first kappa shape index (κ1) is 9.52. The maximum atomic E-state index is 12.6. The zero-order chi connectivity index (χ0) is 9.14. The fourth-order valence-electron chi connectivity index (χ4n) is 0.825. The Labute approximate surface area is 79.7 Å². The molecule has 0 saturated heterocycles. The molecule has 1 nitrogen and oxygen atoms in total. The molecule has 0 aliphatic heterocycles. The van der Waals surface area contributed by atoms with E-state index >= 15 is 0 Å². The van der Waals surface area contributed by atoms with Crippen LogP contribution in [-0.2, 0) is 0 Å². The van der Waals surface area contributed by atoms with Gasteiger partial charge in [-0.05, 0) is 48.0 Å². The highest BCUT2D eigenvalue weighted by Crippen LogP contribution is 2.26. The first-order valence-corrected chi connectivity index (χ1v) is 4.50. The van der Waals surface area contributed by atoms with Gasteiger partial charge in [0.1, 0.15) is 11.6 Å². The van der Waals surface area contributed by atoms with Crippen LogP contribution in [0.15, 0.2) is 22.7 Å². The average molecular weight is 233 g/mol. The molecule has 0 bridgehead atoms. The zero-order valence-electron chi connectivity index (χ0n) is 6.97. The Morgan fingerprint density at radius 1 is 1.42 bits per heavy atom. The van der Waals surface area contributed by atoms with Crippen molar-refractivity contribution in [1.29, 1.82) is 0 Å². The Hall–Kier alpha value is -0.570. The summed E-state index contributed by atoms with van der Waals surface area (Å²) >= 11 is 3.21. The second-order valence-corrected chi connectivity index (χ2v) is 3.60. The normalized spacial score (nSPS) is 10.4. The van der Waals surface area contributed by atoms with Gasteiger partial charge in [-0.25, -0.2) is 4.39 Å². The van der Waals surface area contributed by atoms with Gasteiger partial charge in [0.25, 0.3) is 0 Å². The van der Waals surface area contributed by atoms with Crippen molar-refractivity contribution in [2.45, 2.75) is 20.0 Å². The first-order valence-electron chi connectivity index (χ1n) is 3.71. The van der Waals surface area contributed by atoms with Crippen molar-refractivity contribution >= 4 is 15.9 Å². The molecule has 0 amide bonds. The average Bonchev–Trinajstić information content (AvgIpc) is 1.94. The van der Waals surface area contributed by atoms with Crippen LogP contribution in [0.5, 0.6) is 5.75 Å². The molecule has 0 heterocycles. The Kier molecular flexibility index (Phi) is 3.09. The van der Waals surface area contributed by atoms with Crippen molar-refractivity contribution in [3.8, 4) is 5.75 Å². The van der Waals surface area contributed by atoms with E-state index in [4.69, 9.17) is 4.74 Å². The number of hydrogen-bond acceptors (Lipinski definition) is 1. The van der Waals surface area contributed by atoms with E-state index in [-0.39, 0.29) is 11.9 Å². The lowest BCUT2D eigenvalue weighted by atomic mass is 10.3. The molecule has 66 valence electrons. The summed E-state index contributed by atoms with van der Waals surface area (Å²) in [5.41, 5.74) is 0. The smallest absolute Gasteiger partial charge is 0.134 e. The lowest BCUT2D eigenvalue weighted by molar-refractivity contribution is 0.240. The van der Waals surface area contributed by atoms with E-state index in [9.17, 15) is 4.39 Å². The van der Waals surface area contributed by atoms with Crippen LogP contribution in [0.4, 0.5) is 4.39 Å². The summed E-state index contributed by atoms with van der Waals surface area (Å²) in [5, 5.41) is 0. The molecule has 0 spiro atoms. The molecule has 12 heavy (non-hydrogen) atoms. The maximum absolute atomic E-state index is 12.6. The van der Waals surface area contributed by atoms with Crippen molar-refractivity contribution in [2.75, 3.05) is 0 Å². The highest BCUT2D eigenvalue weighted by atomic mass is 79.9. The summed E-state index contributed by atoms with van der Waals surface area (Å²) in [7, 11) is 0. The van der Waals surface area contributed by atoms with Gasteiger partial charge in [0.15, 0.2) is 0 Å². The molecule has 1 rings (SSSR count). The van der Waals surface area contributed by atoms with E-state index in [0.717, 1.165) is 0 Å². The predicted octanol–water partition coefficient (Wildman–Crippen LogP) is 3.38. The second kappa shape index (κ2) is 3.90. The quantitative estimate of drug-likeness (QED) is 0.760. The van der Waals surface area contributed by atoms with Crippen LogP contribution in [0, 0.1) is 5.82 Å². The number of halogens is 2. The number of benzene rings is 1. The SMILES string of the molecule is CC(C)Oc1ccc(F)cc1Br. The van der Waals surface area contributed by atoms with E-state index in [1.54, 1.807) is 6.07 Å². The minimum absolute atomic E-state index is 0.103. The third-order valence-electron chi connectivity index (χ3n) is 1.26. The molecule has 0 aliphatic carbocycles. The molecule has 0 saturated carbocycles. The zero-order valence-corrected chi connectivity index (χ0v) is 8.56. The molecule has 0 fully saturated rings. The third kappa shape index (κ3) is 2.48. The highest BCUT2D eigenvalue weighted by molar-refractivity contribution is 9.10. The minimum atomic E-state index is -0.266. The first-order chi connectivity index (χ1) is 5.59. The summed E-state index contributed by atoms with van der Waals surface area (Å²) in [6.45, 7) is 3.85. The van der Waals surface area contributed by atoms with Crippen molar-refractivity contribution in [3.63, 3.8) is 0 Å². The van der Waals surface area contributed by atoms with Gasteiger partial charge < -0.3 is 4.74 Å². The Bertz CT molecular complexity index is 273. The van der Waals surface area contributed by atoms with Crippen LogP contribution in [0.1, 0.15) is 13.8 Å². The van der Waals surface area contributed by atoms with Crippen LogP contribution in [0.25, 0.3) is 0 Å². The molecule has 3 heteroatoms. The lowest BCUT2D eigenvalue weighted by Crippen LogP contribution is -2.05. The minimum Gasteiger partial charge on any atom is -0.490 e. The van der Waals surface area contributed by atoms with Crippen LogP contribution in [-0.4, -0.2) is 6.10 Å². The van der Waals surface area contributed by atoms with E-state index in [2.05, 4.69) is 15.9 Å². The molecule has 0 radical (unpaired) electrons. The Balaban J connectivity index is 2.86. The van der Waals surface area contributed by atoms with Crippen molar-refractivity contribution < 1.29 is 9.13 Å². The molecule has 1 aromatic rings. The van der Waals surface area contributed by atoms with Gasteiger partial charge in [-0.3, -0.25) is 0 Å². The van der Waals surface area contributed by atoms with Gasteiger partial charge in [0.05, 0.1) is 10.6 Å². The van der Waals surface area contributed by atoms with Gasteiger partial charge in [-0.15, -0.1) is 0 Å². The van der Waals surface area contributed by atoms with Crippen molar-refractivity contribution in [1.82, 2.24) is 0 Å². The molecular formula is C9H10BrFO. The summed E-state index contributed by atoms with van der Waals surface area (Å²) < 4.78 is 18.6. The molecule has 0 unspecified atom stereocenters. The van der Waals surface area contributed by atoms with Crippen LogP contribution in [0.3, 0.4) is 0 Å².